The van der Waals surface area contributed by atoms with Crippen LogP contribution < -0.4 is 11.2 Å². The van der Waals surface area contributed by atoms with E-state index in [2.05, 4.69) is 6.92 Å². The minimum absolute atomic E-state index is 0.216. The molecule has 1 saturated heterocycles. The zero-order valence-corrected chi connectivity index (χ0v) is 15.0. The van der Waals surface area contributed by atoms with Crippen LogP contribution >= 0.6 is 0 Å². The Balaban J connectivity index is 2.07. The average molecular weight is 381 g/mol. The van der Waals surface area contributed by atoms with Crippen molar-refractivity contribution in [2.75, 3.05) is 6.61 Å². The van der Waals surface area contributed by atoms with E-state index in [1.54, 1.807) is 6.07 Å². The number of nitrogens with one attached hydrogen (secondary N) is 1. The second kappa shape index (κ2) is 8.94. The Labute approximate surface area is 155 Å². The summed E-state index contributed by atoms with van der Waals surface area (Å²) in [4.78, 5) is 36.9. The molecule has 0 aromatic carbocycles. The normalized spacial score (nSPS) is 27.3. The Kier molecular flexibility index (Phi) is 6.90. The fourth-order valence-corrected chi connectivity index (χ4v) is 2.91. The molecule has 0 amide bonds. The molecule has 0 spiro atoms. The maximum atomic E-state index is 12.0. The van der Waals surface area contributed by atoms with Gasteiger partial charge in [-0.1, -0.05) is 26.2 Å². The highest BCUT2D eigenvalue weighted by Crippen LogP contribution is 2.34. The van der Waals surface area contributed by atoms with Crippen molar-refractivity contribution in [3.63, 3.8) is 0 Å². The monoisotopic (exact) mass is 381 g/mol. The number of carbonyl (C=O) groups excluding carboxylic acids is 1. The van der Waals surface area contributed by atoms with E-state index in [0.29, 0.717) is 11.0 Å². The number of nitrogens with zero attached hydrogens (tertiary/aromatic N) is 2. The van der Waals surface area contributed by atoms with Gasteiger partial charge in [-0.15, -0.1) is 0 Å². The first-order valence-corrected chi connectivity index (χ1v) is 8.79. The molecule has 0 aliphatic carbocycles. The van der Waals surface area contributed by atoms with Gasteiger partial charge in [-0.25, -0.2) is 4.79 Å². The number of ether oxygens (including phenoxy) is 2. The molecular weight excluding hydrogens is 358 g/mol. The van der Waals surface area contributed by atoms with E-state index >= 15 is 0 Å². The fraction of sp³-hybridized carbons (Fsp3) is 0.647. The van der Waals surface area contributed by atoms with Crippen LogP contribution in [0.4, 0.5) is 0 Å². The molecule has 10 heteroatoms. The van der Waals surface area contributed by atoms with E-state index < -0.39 is 41.3 Å². The lowest BCUT2D eigenvalue weighted by atomic mass is 10.0. The summed E-state index contributed by atoms with van der Waals surface area (Å²) < 4.78 is 11.2. The summed E-state index contributed by atoms with van der Waals surface area (Å²) in [6.45, 7) is 1.67. The Morgan fingerprint density at radius 3 is 2.78 bits per heavy atom. The molecule has 2 heterocycles. The highest BCUT2D eigenvalue weighted by atomic mass is 16.6. The molecule has 1 fully saturated rings. The molecule has 1 aromatic heterocycles. The van der Waals surface area contributed by atoms with Gasteiger partial charge in [0.1, 0.15) is 31.0 Å². The summed E-state index contributed by atoms with van der Waals surface area (Å²) in [6, 6.07) is 2.65. The number of carbonyl (C=O) groups is 1. The van der Waals surface area contributed by atoms with Crippen LogP contribution in [0.25, 0.3) is 0 Å². The summed E-state index contributed by atoms with van der Waals surface area (Å²) in [5.41, 5.74) is -3.92. The Hall–Kier alpha value is -2.48. The molecule has 1 aromatic rings. The first-order valence-electron chi connectivity index (χ1n) is 8.79. The van der Waals surface area contributed by atoms with Gasteiger partial charge in [0.05, 0.1) is 0 Å². The minimum atomic E-state index is -2.25. The molecule has 0 radical (unpaired) electrons. The van der Waals surface area contributed by atoms with E-state index in [1.165, 1.54) is 0 Å². The summed E-state index contributed by atoms with van der Waals surface area (Å²) >= 11 is 0. The average Bonchev–Trinajstić information content (AvgIpc) is 2.89. The zero-order valence-electron chi connectivity index (χ0n) is 15.0. The minimum Gasteiger partial charge on any atom is -0.463 e. The number of aromatic nitrogens is 2. The zero-order chi connectivity index (χ0) is 20.0. The van der Waals surface area contributed by atoms with Crippen molar-refractivity contribution in [3.05, 3.63) is 33.1 Å². The van der Waals surface area contributed by atoms with E-state index in [4.69, 9.17) is 9.47 Å². The number of H-pyrrole nitrogens is 1. The number of aliphatic hydroxyl groups excluding tert-OH is 2. The predicted molar refractivity (Wildman–Crippen MR) is 91.5 cm³/mol. The van der Waals surface area contributed by atoms with Crippen LogP contribution in [0.2, 0.25) is 0 Å². The fourth-order valence-electron chi connectivity index (χ4n) is 2.91. The standard InChI is InChI=1S/C17H23N3O7/c1-2-3-4-5-6-13(22)26-9-11-14(23)15(24)17(10-18,27-11)20-8-7-12(21)19-16(20)25/h7-8,11,14-15,23-24H,2-6,9H2,1H3,(H,19,21,25). The third kappa shape index (κ3) is 4.44. The highest BCUT2D eigenvalue weighted by Gasteiger charge is 2.57. The topological polar surface area (TPSA) is 155 Å². The van der Waals surface area contributed by atoms with Gasteiger partial charge in [-0.05, 0) is 6.42 Å². The molecule has 10 nitrogen and oxygen atoms in total. The van der Waals surface area contributed by atoms with Crippen LogP contribution in [0.15, 0.2) is 21.9 Å². The van der Waals surface area contributed by atoms with Crippen molar-refractivity contribution in [3.8, 4) is 6.07 Å². The Bertz CT molecular complexity index is 812. The maximum absolute atomic E-state index is 12.0. The Morgan fingerprint density at radius 1 is 1.41 bits per heavy atom. The van der Waals surface area contributed by atoms with Crippen molar-refractivity contribution in [2.24, 2.45) is 0 Å². The predicted octanol–water partition coefficient (Wildman–Crippen LogP) is -0.653. The molecule has 4 unspecified atom stereocenters. The van der Waals surface area contributed by atoms with Gasteiger partial charge in [0.15, 0.2) is 0 Å². The van der Waals surface area contributed by atoms with E-state index in [9.17, 15) is 29.9 Å². The SMILES string of the molecule is CCCCCCC(=O)OCC1OC(C#N)(n2ccc(=O)[nH]c2=O)C(O)C1O. The lowest BCUT2D eigenvalue weighted by molar-refractivity contribution is -0.154. The quantitative estimate of drug-likeness (QED) is 0.396. The maximum Gasteiger partial charge on any atom is 0.331 e. The number of nitriles is 1. The lowest BCUT2D eigenvalue weighted by Gasteiger charge is -2.26. The third-order valence-corrected chi connectivity index (χ3v) is 4.42. The second-order valence-corrected chi connectivity index (χ2v) is 6.37. The van der Waals surface area contributed by atoms with Crippen molar-refractivity contribution in [1.82, 2.24) is 9.55 Å². The highest BCUT2D eigenvalue weighted by molar-refractivity contribution is 5.69. The second-order valence-electron chi connectivity index (χ2n) is 6.37. The molecule has 2 rings (SSSR count). The van der Waals surface area contributed by atoms with Crippen LogP contribution in [0.1, 0.15) is 39.0 Å². The smallest absolute Gasteiger partial charge is 0.331 e. The molecule has 1 aliphatic rings. The molecule has 4 atom stereocenters. The summed E-state index contributed by atoms with van der Waals surface area (Å²) in [6.07, 6.45) is 0.264. The lowest BCUT2D eigenvalue weighted by Crippen LogP contribution is -2.50. The van der Waals surface area contributed by atoms with E-state index in [1.807, 2.05) is 4.98 Å². The van der Waals surface area contributed by atoms with Gasteiger partial charge < -0.3 is 19.7 Å². The van der Waals surface area contributed by atoms with Gasteiger partial charge in [0, 0.05) is 18.7 Å². The molecule has 0 bridgehead atoms. The summed E-state index contributed by atoms with van der Waals surface area (Å²) in [7, 11) is 0. The number of hydrogen-bond donors (Lipinski definition) is 3. The molecular formula is C17H23N3O7. The molecule has 3 N–H and O–H groups in total. The molecule has 1 aliphatic heterocycles. The van der Waals surface area contributed by atoms with Crippen molar-refractivity contribution in [2.45, 2.75) is 63.1 Å². The Morgan fingerprint density at radius 2 is 2.15 bits per heavy atom. The van der Waals surface area contributed by atoms with Gasteiger partial charge >= 0.3 is 11.7 Å². The van der Waals surface area contributed by atoms with Crippen LogP contribution in [0.5, 0.6) is 0 Å². The van der Waals surface area contributed by atoms with Crippen LogP contribution in [-0.2, 0) is 20.0 Å². The van der Waals surface area contributed by atoms with Gasteiger partial charge in [0.25, 0.3) is 11.3 Å². The largest absolute Gasteiger partial charge is 0.463 e. The van der Waals surface area contributed by atoms with Gasteiger partial charge in [-0.2, -0.15) is 5.26 Å². The van der Waals surface area contributed by atoms with Crippen molar-refractivity contribution >= 4 is 5.97 Å². The number of hydrogen-bond acceptors (Lipinski definition) is 8. The van der Waals surface area contributed by atoms with E-state index in [0.717, 1.165) is 31.5 Å². The van der Waals surface area contributed by atoms with Crippen molar-refractivity contribution < 1.29 is 24.5 Å². The summed E-state index contributed by atoms with van der Waals surface area (Å²) in [5.74, 6) is -0.480. The number of rotatable bonds is 8. The first-order chi connectivity index (χ1) is 12.9. The number of unbranched alkanes of at least 4 members (excludes halogenated alkanes) is 3. The summed E-state index contributed by atoms with van der Waals surface area (Å²) in [5, 5.41) is 30.0. The first kappa shape index (κ1) is 20.8. The van der Waals surface area contributed by atoms with Gasteiger partial charge in [0.2, 0.25) is 0 Å². The number of esters is 1. The number of aromatic amines is 1. The third-order valence-electron chi connectivity index (χ3n) is 4.42. The molecule has 0 saturated carbocycles. The van der Waals surface area contributed by atoms with Crippen molar-refractivity contribution in [1.29, 1.82) is 5.26 Å². The molecule has 27 heavy (non-hydrogen) atoms. The van der Waals surface area contributed by atoms with Crippen LogP contribution in [-0.4, -0.2) is 50.7 Å². The van der Waals surface area contributed by atoms with E-state index in [-0.39, 0.29) is 13.0 Å². The molecule has 148 valence electrons. The van der Waals surface area contributed by atoms with Crippen LogP contribution in [0.3, 0.4) is 0 Å². The number of aliphatic hydroxyl groups is 2. The van der Waals surface area contributed by atoms with Crippen LogP contribution in [0, 0.1) is 11.3 Å². The van der Waals surface area contributed by atoms with Gasteiger partial charge in [-0.3, -0.25) is 19.1 Å².